The predicted octanol–water partition coefficient (Wildman–Crippen LogP) is 2.41. The number of ether oxygens (including phenoxy) is 2. The van der Waals surface area contributed by atoms with Crippen LogP contribution in [0.1, 0.15) is 31.2 Å². The molecule has 0 aromatic heterocycles. The van der Waals surface area contributed by atoms with E-state index in [1.807, 2.05) is 6.07 Å². The first-order valence-electron chi connectivity index (χ1n) is 7.43. The molecule has 4 heteroatoms. The van der Waals surface area contributed by atoms with Gasteiger partial charge in [-0.15, -0.1) is 0 Å². The maximum Gasteiger partial charge on any atom is 0.161 e. The Labute approximate surface area is 121 Å². The number of rotatable bonds is 8. The number of nitrogens with zero attached hydrogens (tertiary/aromatic N) is 1. The molecule has 4 nitrogen and oxygen atoms in total. The number of nitrogens with two attached hydrogens (primary N) is 1. The summed E-state index contributed by atoms with van der Waals surface area (Å²) in [5.74, 6) is 1.59. The molecule has 0 aliphatic heterocycles. The summed E-state index contributed by atoms with van der Waals surface area (Å²) in [5, 5.41) is 0. The second-order valence-electron chi connectivity index (χ2n) is 5.39. The third-order valence-electron chi connectivity index (χ3n) is 4.07. The Morgan fingerprint density at radius 1 is 1.20 bits per heavy atom. The van der Waals surface area contributed by atoms with Crippen molar-refractivity contribution in [2.24, 2.45) is 5.73 Å². The van der Waals surface area contributed by atoms with Crippen LogP contribution in [0.3, 0.4) is 0 Å². The maximum atomic E-state index is 5.65. The zero-order chi connectivity index (χ0) is 14.4. The van der Waals surface area contributed by atoms with Crippen LogP contribution in [0.25, 0.3) is 0 Å². The van der Waals surface area contributed by atoms with Crippen molar-refractivity contribution in [2.45, 2.75) is 38.3 Å². The first-order valence-corrected chi connectivity index (χ1v) is 7.43. The molecule has 112 valence electrons. The molecule has 0 atom stereocenters. The van der Waals surface area contributed by atoms with Crippen LogP contribution in [0.4, 0.5) is 0 Å². The number of methoxy groups -OCH3 is 2. The minimum absolute atomic E-state index is 0.731. The van der Waals surface area contributed by atoms with Gasteiger partial charge in [-0.05, 0) is 50.0 Å². The fraction of sp³-hybridized carbons (Fsp3) is 0.625. The van der Waals surface area contributed by atoms with Crippen LogP contribution in [-0.2, 0) is 6.54 Å². The molecule has 0 bridgehead atoms. The average Bonchev–Trinajstić information content (AvgIpc) is 2.42. The van der Waals surface area contributed by atoms with Crippen molar-refractivity contribution < 1.29 is 9.47 Å². The molecule has 0 amide bonds. The Morgan fingerprint density at radius 2 is 1.95 bits per heavy atom. The van der Waals surface area contributed by atoms with Gasteiger partial charge in [0.25, 0.3) is 0 Å². The number of benzene rings is 1. The van der Waals surface area contributed by atoms with Crippen molar-refractivity contribution in [3.8, 4) is 11.5 Å². The van der Waals surface area contributed by atoms with Gasteiger partial charge in [0, 0.05) is 12.6 Å². The van der Waals surface area contributed by atoms with Gasteiger partial charge in [-0.1, -0.05) is 12.5 Å². The highest BCUT2D eigenvalue weighted by molar-refractivity contribution is 5.42. The van der Waals surface area contributed by atoms with Crippen molar-refractivity contribution in [2.75, 3.05) is 27.3 Å². The molecule has 0 spiro atoms. The van der Waals surface area contributed by atoms with Gasteiger partial charge in [-0.3, -0.25) is 4.90 Å². The van der Waals surface area contributed by atoms with Crippen LogP contribution in [0.2, 0.25) is 0 Å². The molecule has 1 aliphatic carbocycles. The van der Waals surface area contributed by atoms with Crippen LogP contribution in [0.15, 0.2) is 18.2 Å². The fourth-order valence-corrected chi connectivity index (χ4v) is 2.65. The lowest BCUT2D eigenvalue weighted by Crippen LogP contribution is -2.40. The largest absolute Gasteiger partial charge is 0.493 e. The minimum atomic E-state index is 0.731. The van der Waals surface area contributed by atoms with Crippen molar-refractivity contribution in [3.63, 3.8) is 0 Å². The van der Waals surface area contributed by atoms with E-state index in [-0.39, 0.29) is 0 Å². The van der Waals surface area contributed by atoms with Gasteiger partial charge in [0.2, 0.25) is 0 Å². The summed E-state index contributed by atoms with van der Waals surface area (Å²) >= 11 is 0. The van der Waals surface area contributed by atoms with Gasteiger partial charge in [0.1, 0.15) is 0 Å². The van der Waals surface area contributed by atoms with Crippen molar-refractivity contribution in [1.29, 1.82) is 0 Å². The highest BCUT2D eigenvalue weighted by atomic mass is 16.5. The molecule has 1 saturated carbocycles. The van der Waals surface area contributed by atoms with E-state index >= 15 is 0 Å². The molecule has 0 radical (unpaired) electrons. The van der Waals surface area contributed by atoms with Gasteiger partial charge >= 0.3 is 0 Å². The summed E-state index contributed by atoms with van der Waals surface area (Å²) < 4.78 is 10.7. The van der Waals surface area contributed by atoms with Crippen LogP contribution in [-0.4, -0.2) is 38.3 Å². The smallest absolute Gasteiger partial charge is 0.161 e. The van der Waals surface area contributed by atoms with E-state index in [9.17, 15) is 0 Å². The monoisotopic (exact) mass is 278 g/mol. The summed E-state index contributed by atoms with van der Waals surface area (Å²) in [6.07, 6.45) is 5.05. The van der Waals surface area contributed by atoms with Gasteiger partial charge < -0.3 is 15.2 Å². The molecule has 0 heterocycles. The minimum Gasteiger partial charge on any atom is -0.493 e. The summed E-state index contributed by atoms with van der Waals surface area (Å²) in [4.78, 5) is 2.55. The highest BCUT2D eigenvalue weighted by Crippen LogP contribution is 2.30. The van der Waals surface area contributed by atoms with Crippen LogP contribution in [0.5, 0.6) is 11.5 Å². The standard InChI is InChI=1S/C16H26N2O2/c1-19-15-8-7-13(11-16(15)20-2)12-18(10-4-9-17)14-5-3-6-14/h7-8,11,14H,3-6,9-10,12,17H2,1-2H3. The second-order valence-corrected chi connectivity index (χ2v) is 5.39. The quantitative estimate of drug-likeness (QED) is 0.793. The molecule has 20 heavy (non-hydrogen) atoms. The van der Waals surface area contributed by atoms with E-state index in [1.54, 1.807) is 14.2 Å². The Kier molecular flexibility index (Phi) is 5.68. The Hall–Kier alpha value is -1.26. The Bertz CT molecular complexity index is 419. The molecular weight excluding hydrogens is 252 g/mol. The fourth-order valence-electron chi connectivity index (χ4n) is 2.65. The maximum absolute atomic E-state index is 5.65. The number of hydrogen-bond acceptors (Lipinski definition) is 4. The molecule has 1 aliphatic rings. The van der Waals surface area contributed by atoms with E-state index in [2.05, 4.69) is 17.0 Å². The summed E-state index contributed by atoms with van der Waals surface area (Å²) in [6, 6.07) is 6.91. The van der Waals surface area contributed by atoms with E-state index in [4.69, 9.17) is 15.2 Å². The molecule has 1 aromatic carbocycles. The van der Waals surface area contributed by atoms with Gasteiger partial charge in [0.15, 0.2) is 11.5 Å². The predicted molar refractivity (Wildman–Crippen MR) is 81.3 cm³/mol. The van der Waals surface area contributed by atoms with Gasteiger partial charge in [-0.25, -0.2) is 0 Å². The molecule has 0 saturated heterocycles. The van der Waals surface area contributed by atoms with Crippen molar-refractivity contribution >= 4 is 0 Å². The van der Waals surface area contributed by atoms with E-state index < -0.39 is 0 Å². The Morgan fingerprint density at radius 3 is 2.50 bits per heavy atom. The summed E-state index contributed by atoms with van der Waals surface area (Å²) in [6.45, 7) is 2.80. The normalized spacial score (nSPS) is 15.2. The Balaban J connectivity index is 2.05. The lowest BCUT2D eigenvalue weighted by atomic mass is 9.91. The third kappa shape index (κ3) is 3.64. The number of hydrogen-bond donors (Lipinski definition) is 1. The van der Waals surface area contributed by atoms with E-state index in [0.717, 1.165) is 43.6 Å². The molecule has 1 fully saturated rings. The van der Waals surface area contributed by atoms with Crippen molar-refractivity contribution in [3.05, 3.63) is 23.8 Å². The van der Waals surface area contributed by atoms with Crippen LogP contribution in [0, 0.1) is 0 Å². The highest BCUT2D eigenvalue weighted by Gasteiger charge is 2.24. The summed E-state index contributed by atoms with van der Waals surface area (Å²) in [5.41, 5.74) is 6.92. The molecule has 2 rings (SSSR count). The lowest BCUT2D eigenvalue weighted by molar-refractivity contribution is 0.118. The molecule has 0 unspecified atom stereocenters. The molecular formula is C16H26N2O2. The third-order valence-corrected chi connectivity index (χ3v) is 4.07. The summed E-state index contributed by atoms with van der Waals surface area (Å²) in [7, 11) is 3.35. The van der Waals surface area contributed by atoms with Gasteiger partial charge in [0.05, 0.1) is 14.2 Å². The zero-order valence-electron chi connectivity index (χ0n) is 12.6. The molecule has 2 N–H and O–H groups in total. The topological polar surface area (TPSA) is 47.7 Å². The lowest BCUT2D eigenvalue weighted by Gasteiger charge is -2.37. The van der Waals surface area contributed by atoms with Crippen LogP contribution < -0.4 is 15.2 Å². The van der Waals surface area contributed by atoms with Crippen molar-refractivity contribution in [1.82, 2.24) is 4.90 Å². The van der Waals surface area contributed by atoms with Crippen LogP contribution >= 0.6 is 0 Å². The van der Waals surface area contributed by atoms with Gasteiger partial charge in [-0.2, -0.15) is 0 Å². The van der Waals surface area contributed by atoms with E-state index in [1.165, 1.54) is 24.8 Å². The second kappa shape index (κ2) is 7.50. The first-order chi connectivity index (χ1) is 9.78. The SMILES string of the molecule is COc1ccc(CN(CCCN)C2CCC2)cc1OC. The molecule has 1 aromatic rings. The average molecular weight is 278 g/mol. The van der Waals surface area contributed by atoms with E-state index in [0.29, 0.717) is 0 Å². The zero-order valence-corrected chi connectivity index (χ0v) is 12.6. The first kappa shape index (κ1) is 15.1.